The van der Waals surface area contributed by atoms with Crippen LogP contribution in [0.15, 0.2) is 63.6 Å². The molecule has 1 aliphatic heterocycles. The van der Waals surface area contributed by atoms with Crippen molar-refractivity contribution in [1.29, 1.82) is 0 Å². The van der Waals surface area contributed by atoms with E-state index in [-0.39, 0.29) is 6.54 Å². The predicted molar refractivity (Wildman–Crippen MR) is 136 cm³/mol. The lowest BCUT2D eigenvalue weighted by Gasteiger charge is -2.34. The molecule has 37 heavy (non-hydrogen) atoms. The summed E-state index contributed by atoms with van der Waals surface area (Å²) in [6, 6.07) is 16.5. The van der Waals surface area contributed by atoms with Gasteiger partial charge in [0.25, 0.3) is 5.89 Å². The van der Waals surface area contributed by atoms with Gasteiger partial charge in [0.1, 0.15) is 6.04 Å². The lowest BCUT2D eigenvalue weighted by Crippen LogP contribution is -2.46. The molecular weight excluding hydrogens is 472 g/mol. The van der Waals surface area contributed by atoms with Gasteiger partial charge in [-0.3, -0.25) is 9.69 Å². The first-order valence-corrected chi connectivity index (χ1v) is 12.7. The van der Waals surface area contributed by atoms with Crippen molar-refractivity contribution in [3.8, 4) is 34.3 Å². The number of carboxylic acids is 1. The largest absolute Gasteiger partial charge is 0.480 e. The Morgan fingerprint density at radius 2 is 1.84 bits per heavy atom. The second kappa shape index (κ2) is 11.1. The number of benzene rings is 2. The van der Waals surface area contributed by atoms with Crippen molar-refractivity contribution in [2.24, 2.45) is 0 Å². The van der Waals surface area contributed by atoms with E-state index in [0.29, 0.717) is 41.7 Å². The number of piperidine rings is 1. The maximum absolute atomic E-state index is 11.6. The number of nitrogens with zero attached hydrogens (tertiary/aromatic N) is 4. The van der Waals surface area contributed by atoms with E-state index in [9.17, 15) is 15.0 Å². The number of likely N-dealkylation sites (tertiary alicyclic amines) is 1. The Bertz CT molecular complexity index is 1330. The molecule has 2 N–H and O–H groups in total. The molecule has 192 valence electrons. The average Bonchev–Trinajstić information content (AvgIpc) is 3.57. The van der Waals surface area contributed by atoms with Crippen molar-refractivity contribution in [2.45, 2.75) is 51.2 Å². The van der Waals surface area contributed by atoms with Gasteiger partial charge >= 0.3 is 5.97 Å². The van der Waals surface area contributed by atoms with Crippen LogP contribution in [0.3, 0.4) is 0 Å². The summed E-state index contributed by atoms with van der Waals surface area (Å²) in [4.78, 5) is 18.0. The molecular formula is C28H30N4O5. The maximum atomic E-state index is 11.6. The summed E-state index contributed by atoms with van der Waals surface area (Å²) in [5.74, 6) is 0.567. The summed E-state index contributed by atoms with van der Waals surface area (Å²) in [7, 11) is 0. The summed E-state index contributed by atoms with van der Waals surface area (Å²) < 4.78 is 11.2. The fourth-order valence-electron chi connectivity index (χ4n) is 4.88. The van der Waals surface area contributed by atoms with Crippen molar-refractivity contribution in [3.05, 3.63) is 65.7 Å². The van der Waals surface area contributed by atoms with Crippen LogP contribution >= 0.6 is 0 Å². The van der Waals surface area contributed by atoms with E-state index in [4.69, 9.17) is 9.05 Å². The van der Waals surface area contributed by atoms with Crippen LogP contribution in [0.25, 0.3) is 34.3 Å². The molecule has 0 aliphatic carbocycles. The van der Waals surface area contributed by atoms with E-state index in [1.807, 2.05) is 59.5 Å². The number of β-amino-alcohol motifs (C(OH)–C–C–N with tert-alkyl or cyclic N) is 1. The van der Waals surface area contributed by atoms with Gasteiger partial charge in [0.05, 0.1) is 6.10 Å². The first-order chi connectivity index (χ1) is 18.0. The zero-order chi connectivity index (χ0) is 25.8. The number of rotatable bonds is 9. The summed E-state index contributed by atoms with van der Waals surface area (Å²) in [5, 5.41) is 28.6. The molecule has 0 bridgehead atoms. The van der Waals surface area contributed by atoms with Gasteiger partial charge < -0.3 is 19.3 Å². The Hall–Kier alpha value is -3.82. The van der Waals surface area contributed by atoms with Crippen LogP contribution in [0.1, 0.15) is 49.8 Å². The third-order valence-electron chi connectivity index (χ3n) is 6.81. The fourth-order valence-corrected chi connectivity index (χ4v) is 4.88. The van der Waals surface area contributed by atoms with Crippen molar-refractivity contribution in [2.75, 3.05) is 13.1 Å². The molecule has 2 aromatic carbocycles. The first kappa shape index (κ1) is 24.9. The molecule has 2 unspecified atom stereocenters. The minimum absolute atomic E-state index is 0.277. The van der Waals surface area contributed by atoms with E-state index < -0.39 is 18.1 Å². The summed E-state index contributed by atoms with van der Waals surface area (Å²) in [5.41, 5.74) is 3.85. The van der Waals surface area contributed by atoms with E-state index in [1.165, 1.54) is 0 Å². The number of carboxylic acid groups (broad SMARTS) is 1. The van der Waals surface area contributed by atoms with Crippen molar-refractivity contribution in [3.63, 3.8) is 0 Å². The molecule has 4 aromatic rings. The number of carbonyl (C=O) groups is 1. The molecule has 1 saturated heterocycles. The van der Waals surface area contributed by atoms with Crippen LogP contribution in [0.4, 0.5) is 0 Å². The molecule has 0 amide bonds. The average molecular weight is 503 g/mol. The highest BCUT2D eigenvalue weighted by molar-refractivity contribution is 5.73. The third kappa shape index (κ3) is 5.33. The molecule has 1 aliphatic rings. The SMILES string of the molecule is CCCc1c(-c2nc(-c3ccc(C(O)CN4CCCCC4C(=O)O)cc3)no2)noc1-c1ccccc1. The molecule has 1 fully saturated rings. The molecule has 5 rings (SSSR count). The minimum atomic E-state index is -0.833. The summed E-state index contributed by atoms with van der Waals surface area (Å²) in [6.07, 6.45) is 3.31. The fraction of sp³-hybridized carbons (Fsp3) is 0.357. The Kier molecular flexibility index (Phi) is 7.43. The third-order valence-corrected chi connectivity index (χ3v) is 6.81. The lowest BCUT2D eigenvalue weighted by atomic mass is 10.00. The predicted octanol–water partition coefficient (Wildman–Crippen LogP) is 4.98. The van der Waals surface area contributed by atoms with Crippen LogP contribution in [-0.2, 0) is 11.2 Å². The Balaban J connectivity index is 1.33. The summed E-state index contributed by atoms with van der Waals surface area (Å²) >= 11 is 0. The zero-order valence-electron chi connectivity index (χ0n) is 20.7. The minimum Gasteiger partial charge on any atom is -0.480 e. The molecule has 2 atom stereocenters. The number of aliphatic hydroxyl groups is 1. The van der Waals surface area contributed by atoms with Gasteiger partial charge in [0.2, 0.25) is 5.82 Å². The number of aliphatic hydroxyl groups excluding tert-OH is 1. The smallest absolute Gasteiger partial charge is 0.320 e. The van der Waals surface area contributed by atoms with Gasteiger partial charge in [0, 0.05) is 23.2 Å². The molecule has 0 saturated carbocycles. The molecule has 0 spiro atoms. The standard InChI is InChI=1S/C28H30N4O5/c1-2-8-21-24(30-36-25(21)19-9-4-3-5-10-19)27-29-26(31-37-27)20-14-12-18(13-15-20)23(33)17-32-16-7-6-11-22(32)28(34)35/h3-5,9-10,12-15,22-23,33H,2,6-8,11,16-17H2,1H3,(H,34,35). The van der Waals surface area contributed by atoms with Crippen LogP contribution in [0, 0.1) is 0 Å². The number of hydrogen-bond acceptors (Lipinski definition) is 8. The van der Waals surface area contributed by atoms with E-state index >= 15 is 0 Å². The molecule has 9 nitrogen and oxygen atoms in total. The number of hydrogen-bond donors (Lipinski definition) is 2. The van der Waals surface area contributed by atoms with Crippen LogP contribution in [-0.4, -0.2) is 55.5 Å². The normalized spacial score (nSPS) is 17.1. The second-order valence-corrected chi connectivity index (χ2v) is 9.36. The number of aromatic nitrogens is 3. The quantitative estimate of drug-likeness (QED) is 0.326. The van der Waals surface area contributed by atoms with Gasteiger partial charge in [-0.25, -0.2) is 0 Å². The maximum Gasteiger partial charge on any atom is 0.320 e. The molecule has 0 radical (unpaired) electrons. The number of aliphatic carboxylic acids is 1. The van der Waals surface area contributed by atoms with Crippen LogP contribution < -0.4 is 0 Å². The Morgan fingerprint density at radius 3 is 2.57 bits per heavy atom. The van der Waals surface area contributed by atoms with Gasteiger partial charge in [-0.05, 0) is 31.4 Å². The van der Waals surface area contributed by atoms with Gasteiger partial charge in [0.15, 0.2) is 11.5 Å². The van der Waals surface area contributed by atoms with E-state index in [2.05, 4.69) is 22.2 Å². The Morgan fingerprint density at radius 1 is 1.05 bits per heavy atom. The van der Waals surface area contributed by atoms with Gasteiger partial charge in [-0.2, -0.15) is 4.98 Å². The Labute approximate surface area is 214 Å². The van der Waals surface area contributed by atoms with Gasteiger partial charge in [-0.15, -0.1) is 0 Å². The first-order valence-electron chi connectivity index (χ1n) is 12.7. The molecule has 3 heterocycles. The zero-order valence-corrected chi connectivity index (χ0v) is 20.7. The van der Waals surface area contributed by atoms with Crippen LogP contribution in [0.2, 0.25) is 0 Å². The molecule has 9 heteroatoms. The van der Waals surface area contributed by atoms with E-state index in [0.717, 1.165) is 42.4 Å². The second-order valence-electron chi connectivity index (χ2n) is 9.36. The van der Waals surface area contributed by atoms with E-state index in [1.54, 1.807) is 0 Å². The summed E-state index contributed by atoms with van der Waals surface area (Å²) in [6.45, 7) is 3.04. The monoisotopic (exact) mass is 502 g/mol. The van der Waals surface area contributed by atoms with Crippen LogP contribution in [0.5, 0.6) is 0 Å². The highest BCUT2D eigenvalue weighted by Gasteiger charge is 2.30. The highest BCUT2D eigenvalue weighted by Crippen LogP contribution is 2.33. The van der Waals surface area contributed by atoms with Crippen molar-refractivity contribution < 1.29 is 24.1 Å². The van der Waals surface area contributed by atoms with Crippen molar-refractivity contribution in [1.82, 2.24) is 20.2 Å². The van der Waals surface area contributed by atoms with Gasteiger partial charge in [-0.1, -0.05) is 84.7 Å². The topological polar surface area (TPSA) is 126 Å². The highest BCUT2D eigenvalue weighted by atomic mass is 16.5. The molecule has 2 aromatic heterocycles. The lowest BCUT2D eigenvalue weighted by molar-refractivity contribution is -0.145. The van der Waals surface area contributed by atoms with Crippen molar-refractivity contribution >= 4 is 5.97 Å².